The molecule has 80 heavy (non-hydrogen) atoms. The van der Waals surface area contributed by atoms with E-state index in [2.05, 4.69) is 64.9 Å². The van der Waals surface area contributed by atoms with E-state index in [4.69, 9.17) is 21.4 Å². The lowest BCUT2D eigenvalue weighted by atomic mass is 10.1. The van der Waals surface area contributed by atoms with Crippen LogP contribution in [0, 0.1) is 0 Å². The minimum absolute atomic E-state index is 0.0738. The van der Waals surface area contributed by atoms with Crippen LogP contribution in [0.3, 0.4) is 0 Å². The van der Waals surface area contributed by atoms with Gasteiger partial charge in [-0.1, -0.05) is 23.2 Å². The fourth-order valence-electron chi connectivity index (χ4n) is 7.08. The van der Waals surface area contributed by atoms with Gasteiger partial charge in [0.05, 0.1) is 68.4 Å². The number of fused-ring (bicyclic) bond motifs is 2. The number of hydrogen-bond acceptors (Lipinski definition) is 29. The zero-order valence-corrected chi connectivity index (χ0v) is 45.5. The summed E-state index contributed by atoms with van der Waals surface area (Å²) in [5.74, 6) is -2.98. The molecule has 7 rings (SSSR count). The molecule has 11 N–H and O–H groups in total. The number of halogens is 1. The van der Waals surface area contributed by atoms with E-state index in [1.54, 1.807) is 0 Å². The summed E-state index contributed by atoms with van der Waals surface area (Å²) in [4.78, 5) is 7.96. The molecule has 0 spiro atoms. The molecule has 0 unspecified atom stereocenters. The highest BCUT2D eigenvalue weighted by Crippen LogP contribution is 2.48. The minimum Gasteiger partial charge on any atom is -0.505 e. The highest BCUT2D eigenvalue weighted by molar-refractivity contribution is 7.94. The van der Waals surface area contributed by atoms with E-state index >= 15 is 0 Å². The van der Waals surface area contributed by atoms with Crippen molar-refractivity contribution in [2.75, 3.05) is 41.5 Å². The smallest absolute Gasteiger partial charge is 0.397 e. The molecule has 0 aliphatic heterocycles. The number of benzene rings is 6. The molecule has 426 valence electrons. The van der Waals surface area contributed by atoms with Crippen LogP contribution in [0.15, 0.2) is 135 Å². The average Bonchev–Trinajstić information content (AvgIpc) is 3.56. The van der Waals surface area contributed by atoms with Crippen molar-refractivity contribution in [1.29, 1.82) is 0 Å². The molecule has 0 aliphatic carbocycles. The summed E-state index contributed by atoms with van der Waals surface area (Å²) in [5, 5.41) is 55.6. The Bertz CT molecular complexity index is 4390. The van der Waals surface area contributed by atoms with Gasteiger partial charge in [0.1, 0.15) is 31.7 Å². The van der Waals surface area contributed by atoms with Crippen LogP contribution in [-0.4, -0.2) is 129 Å². The summed E-state index contributed by atoms with van der Waals surface area (Å²) < 4.78 is 205. The number of nitrogens with zero attached hydrogens (tertiary/aromatic N) is 7. The second kappa shape index (κ2) is 23.7. The molecule has 0 amide bonds. The van der Waals surface area contributed by atoms with Gasteiger partial charge in [-0.3, -0.25) is 22.8 Å². The highest BCUT2D eigenvalue weighted by Gasteiger charge is 2.27. The molecule has 1 aromatic heterocycles. The SMILES string of the molecule is O=S(=O)(O)OCCS(=O)(=O)c1ccc(N=Nc2cc(S(=O)(=O)O)c(NCCO)cc2Nc2nc(Cl)nc(Nc3cc(S(=O)(=O)O)cc4cc(SOOO)c(N=Nc5ccc6c(S(=O)(=O)O)cccc6c5S(=O)(=O)O)c(O)c34)n2)cc1. The van der Waals surface area contributed by atoms with E-state index in [-0.39, 0.29) is 51.3 Å². The third kappa shape index (κ3) is 14.8. The first kappa shape index (κ1) is 60.8. The van der Waals surface area contributed by atoms with Crippen LogP contribution in [0.4, 0.5) is 51.7 Å². The second-order valence-electron chi connectivity index (χ2n) is 15.5. The van der Waals surface area contributed by atoms with E-state index in [0.29, 0.717) is 0 Å². The van der Waals surface area contributed by atoms with Crippen LogP contribution in [0.1, 0.15) is 0 Å². The van der Waals surface area contributed by atoms with E-state index in [1.165, 1.54) is 0 Å². The minimum atomic E-state index is -5.32. The molecule has 33 nitrogen and oxygen atoms in total. The lowest BCUT2D eigenvalue weighted by molar-refractivity contribution is -0.432. The Kier molecular flexibility index (Phi) is 18.0. The number of azo groups is 2. The zero-order valence-electron chi connectivity index (χ0n) is 39.0. The maximum atomic E-state index is 12.8. The summed E-state index contributed by atoms with van der Waals surface area (Å²) in [6.45, 7) is -1.75. The molecule has 41 heteroatoms. The predicted molar refractivity (Wildman–Crippen MR) is 277 cm³/mol. The van der Waals surface area contributed by atoms with Crippen LogP contribution in [0.5, 0.6) is 5.75 Å². The van der Waals surface area contributed by atoms with Gasteiger partial charge in [0, 0.05) is 22.7 Å². The fourth-order valence-corrected chi connectivity index (χ4v) is 12.0. The zero-order chi connectivity index (χ0) is 58.8. The van der Waals surface area contributed by atoms with E-state index in [1.807, 2.05) is 0 Å². The Morgan fingerprint density at radius 1 is 0.625 bits per heavy atom. The molecule has 0 aliphatic rings. The number of anilines is 5. The number of aromatic nitrogens is 3. The Hall–Kier alpha value is -6.81. The van der Waals surface area contributed by atoms with Gasteiger partial charge >= 0.3 is 10.4 Å². The molecule has 0 atom stereocenters. The molecule has 7 aromatic rings. The van der Waals surface area contributed by atoms with E-state index in [9.17, 15) is 78.9 Å². The third-order valence-corrected chi connectivity index (χ3v) is 16.8. The van der Waals surface area contributed by atoms with Gasteiger partial charge < -0.3 is 26.2 Å². The Labute approximate surface area is 459 Å². The first-order chi connectivity index (χ1) is 37.3. The first-order valence-electron chi connectivity index (χ1n) is 21.0. The number of aromatic hydroxyl groups is 1. The standard InChI is InChI=1S/C39H33ClN10O23S7/c40-37-44-38(42-26-17-28(41-10-11-51)32(78(62,63)64)18-27(26)49-47-20-4-6-21(7-5-20)75(54,55)13-12-71-80(68,69)70)46-39(45-37)43-29-16-22(76(56,57)58)14-19-15-30(74-73-72-53)34(35(52)33(19)29)50-48-25-9-8-23-24(36(25)79(65,66)67)2-1-3-31(23)77(59,60)61/h1-9,14-18,41,51-53H,10-13H2,(H,56,57,58)(H,59,60,61)(H,62,63,64)(H,65,66,67)(H,68,69,70)(H2,42,43,44,45,46). The van der Waals surface area contributed by atoms with Gasteiger partial charge in [-0.2, -0.15) is 62.2 Å². The molecule has 0 saturated heterocycles. The predicted octanol–water partition coefficient (Wildman–Crippen LogP) is 6.27. The van der Waals surface area contributed by atoms with Gasteiger partial charge in [0.15, 0.2) is 15.6 Å². The molecule has 0 bridgehead atoms. The number of sulfone groups is 1. The van der Waals surface area contributed by atoms with Crippen LogP contribution in [0.25, 0.3) is 21.5 Å². The van der Waals surface area contributed by atoms with Gasteiger partial charge in [-0.15, -0.1) is 19.7 Å². The maximum absolute atomic E-state index is 12.8. The maximum Gasteiger partial charge on any atom is 0.397 e. The summed E-state index contributed by atoms with van der Waals surface area (Å²) in [7, 11) is -29.6. The van der Waals surface area contributed by atoms with Crippen molar-refractivity contribution in [2.24, 2.45) is 20.5 Å². The van der Waals surface area contributed by atoms with Crippen LogP contribution >= 0.6 is 23.6 Å². The fraction of sp³-hybridized carbons (Fsp3) is 0.103. The van der Waals surface area contributed by atoms with Crippen molar-refractivity contribution in [3.8, 4) is 5.75 Å². The summed E-state index contributed by atoms with van der Waals surface area (Å²) in [6, 6.07) is 13.7. The second-order valence-corrected chi connectivity index (χ2v) is 25.4. The number of phenols is 1. The summed E-state index contributed by atoms with van der Waals surface area (Å²) >= 11 is 6.42. The largest absolute Gasteiger partial charge is 0.505 e. The van der Waals surface area contributed by atoms with Crippen molar-refractivity contribution < 1.29 is 102 Å². The van der Waals surface area contributed by atoms with Crippen molar-refractivity contribution >= 4 is 158 Å². The van der Waals surface area contributed by atoms with Crippen molar-refractivity contribution in [1.82, 2.24) is 15.0 Å². The van der Waals surface area contributed by atoms with Crippen molar-refractivity contribution in [3.63, 3.8) is 0 Å². The van der Waals surface area contributed by atoms with Gasteiger partial charge in [-0.05, 0) is 83.7 Å². The topological polar surface area (TPSA) is 519 Å². The van der Waals surface area contributed by atoms with Gasteiger partial charge in [-0.25, -0.2) is 17.9 Å². The van der Waals surface area contributed by atoms with Crippen LogP contribution in [-0.2, 0) is 74.3 Å². The third-order valence-electron chi connectivity index (χ3n) is 10.3. The Morgan fingerprint density at radius 3 is 1.88 bits per heavy atom. The highest BCUT2D eigenvalue weighted by atomic mass is 35.5. The Balaban J connectivity index is 1.33. The lowest BCUT2D eigenvalue weighted by Gasteiger charge is -2.16. The number of hydrogen-bond donors (Lipinski definition) is 11. The molecule has 1 heterocycles. The number of aliphatic hydroxyl groups is 1. The number of nitrogens with one attached hydrogen (secondary N) is 3. The molecular weight excluding hydrogens is 1240 g/mol. The normalized spacial score (nSPS) is 12.9. The molecule has 0 radical (unpaired) electrons. The first-order valence-corrected chi connectivity index (χ1v) is 30.9. The monoisotopic (exact) mass is 1270 g/mol. The van der Waals surface area contributed by atoms with Gasteiger partial charge in [0.25, 0.3) is 40.5 Å². The number of rotatable bonds is 23. The number of phenolic OH excluding ortho intramolecular Hbond substituents is 1. The van der Waals surface area contributed by atoms with E-state index in [0.717, 1.165) is 84.9 Å². The molecule has 6 aromatic carbocycles. The van der Waals surface area contributed by atoms with Crippen LogP contribution in [0.2, 0.25) is 5.28 Å². The number of aliphatic hydroxyl groups excluding tert-OH is 1. The van der Waals surface area contributed by atoms with Crippen LogP contribution < -0.4 is 16.0 Å². The quantitative estimate of drug-likeness (QED) is 0.0110. The molecular formula is C39H33ClN10O23S7. The van der Waals surface area contributed by atoms with Gasteiger partial charge in [0.2, 0.25) is 17.2 Å². The molecule has 0 saturated carbocycles. The lowest BCUT2D eigenvalue weighted by Crippen LogP contribution is -2.15. The van der Waals surface area contributed by atoms with Crippen molar-refractivity contribution in [2.45, 2.75) is 29.4 Å². The van der Waals surface area contributed by atoms with Crippen molar-refractivity contribution in [3.05, 3.63) is 90.2 Å². The Morgan fingerprint density at radius 2 is 1.27 bits per heavy atom. The summed E-state index contributed by atoms with van der Waals surface area (Å²) in [5.41, 5.74) is -2.96. The summed E-state index contributed by atoms with van der Waals surface area (Å²) in [6.07, 6.45) is 0. The van der Waals surface area contributed by atoms with E-state index < -0.39 is 161 Å². The average molecular weight is 1270 g/mol. The molecule has 0 fully saturated rings.